The van der Waals surface area contributed by atoms with Crippen LogP contribution in [-0.4, -0.2) is 24.0 Å². The summed E-state index contributed by atoms with van der Waals surface area (Å²) in [5, 5.41) is 7.95. The van der Waals surface area contributed by atoms with E-state index in [4.69, 9.17) is 21.3 Å². The van der Waals surface area contributed by atoms with Crippen molar-refractivity contribution in [2.75, 3.05) is 23.8 Å². The molecule has 2 aromatic carbocycles. The molecule has 3 heterocycles. The van der Waals surface area contributed by atoms with Crippen LogP contribution >= 0.6 is 22.9 Å². The molecular weight excluding hydrogens is 442 g/mol. The summed E-state index contributed by atoms with van der Waals surface area (Å²) in [7, 11) is 0. The molecule has 1 saturated heterocycles. The average Bonchev–Trinajstić information content (AvgIpc) is 3.52. The zero-order valence-electron chi connectivity index (χ0n) is 17.6. The first-order valence-electron chi connectivity index (χ1n) is 10.8. The number of hydrogen-bond acceptors (Lipinski definition) is 5. The summed E-state index contributed by atoms with van der Waals surface area (Å²) in [5.41, 5.74) is 6.25. The molecule has 0 aliphatic carbocycles. The van der Waals surface area contributed by atoms with Gasteiger partial charge in [-0.2, -0.15) is 0 Å². The first-order valence-corrected chi connectivity index (χ1v) is 11.9. The molecule has 0 saturated carbocycles. The van der Waals surface area contributed by atoms with Gasteiger partial charge in [0.05, 0.1) is 17.0 Å². The molecule has 1 fully saturated rings. The molecule has 0 spiro atoms. The largest absolute Gasteiger partial charge is 0.372 e. The van der Waals surface area contributed by atoms with Crippen LogP contribution in [-0.2, 0) is 22.4 Å². The molecule has 1 atom stereocenters. The fourth-order valence-corrected chi connectivity index (χ4v) is 5.28. The van der Waals surface area contributed by atoms with Crippen LogP contribution in [0.15, 0.2) is 54.6 Å². The van der Waals surface area contributed by atoms with Crippen molar-refractivity contribution in [1.29, 1.82) is 0 Å². The minimum absolute atomic E-state index is 0.0158. The lowest BCUT2D eigenvalue weighted by Gasteiger charge is -2.10. The number of fused-ring (bicyclic) bond motifs is 1. The van der Waals surface area contributed by atoms with Gasteiger partial charge in [0.1, 0.15) is 6.10 Å². The number of aromatic nitrogens is 1. The lowest BCUT2D eigenvalue weighted by atomic mass is 10.0. The molecule has 0 radical (unpaired) electrons. The second kappa shape index (κ2) is 9.06. The van der Waals surface area contributed by atoms with E-state index in [-0.39, 0.29) is 12.0 Å². The van der Waals surface area contributed by atoms with Crippen LogP contribution < -0.4 is 10.6 Å². The number of hydrogen-bond donors (Lipinski definition) is 2. The van der Waals surface area contributed by atoms with Gasteiger partial charge in [-0.1, -0.05) is 53.3 Å². The standard InChI is InChI=1S/C25H24ClN3O2S/c1-15(11-16-4-7-19(26)8-5-16)14-27-25-29-23(21-3-2-10-31-21)24(32-25)17-6-9-20-18(12-17)13-22(30)28-20/h4-9,12,21H,1-3,10-11,13-14H2,(H,27,29)(H,28,30). The molecule has 32 heavy (non-hydrogen) atoms. The Hall–Kier alpha value is -2.67. The van der Waals surface area contributed by atoms with E-state index in [9.17, 15) is 4.79 Å². The monoisotopic (exact) mass is 465 g/mol. The molecule has 1 unspecified atom stereocenters. The Kier molecular flexibility index (Phi) is 6.00. The molecule has 0 bridgehead atoms. The van der Waals surface area contributed by atoms with Crippen LogP contribution in [0.1, 0.15) is 35.8 Å². The number of ether oxygens (including phenoxy) is 1. The molecule has 1 aromatic heterocycles. The van der Waals surface area contributed by atoms with E-state index in [1.54, 1.807) is 11.3 Å². The third-order valence-corrected chi connectivity index (χ3v) is 7.07. The van der Waals surface area contributed by atoms with E-state index in [0.29, 0.717) is 13.0 Å². The Balaban J connectivity index is 1.34. The number of rotatable bonds is 7. The highest BCUT2D eigenvalue weighted by Gasteiger charge is 2.27. The second-order valence-corrected chi connectivity index (χ2v) is 9.67. The predicted octanol–water partition coefficient (Wildman–Crippen LogP) is 6.02. The molecule has 2 aliphatic heterocycles. The average molecular weight is 466 g/mol. The first-order chi connectivity index (χ1) is 15.5. The summed E-state index contributed by atoms with van der Waals surface area (Å²) in [6.07, 6.45) is 3.25. The summed E-state index contributed by atoms with van der Waals surface area (Å²) < 4.78 is 5.96. The molecule has 164 valence electrons. The number of benzene rings is 2. The van der Waals surface area contributed by atoms with Crippen molar-refractivity contribution < 1.29 is 9.53 Å². The lowest BCUT2D eigenvalue weighted by Crippen LogP contribution is -2.06. The van der Waals surface area contributed by atoms with E-state index >= 15 is 0 Å². The zero-order chi connectivity index (χ0) is 22.1. The Morgan fingerprint density at radius 2 is 2.12 bits per heavy atom. The second-order valence-electron chi connectivity index (χ2n) is 8.24. The molecule has 5 nitrogen and oxygen atoms in total. The lowest BCUT2D eigenvalue weighted by molar-refractivity contribution is -0.115. The van der Waals surface area contributed by atoms with Crippen molar-refractivity contribution in [2.24, 2.45) is 0 Å². The van der Waals surface area contributed by atoms with Gasteiger partial charge < -0.3 is 15.4 Å². The molecule has 1 amide bonds. The predicted molar refractivity (Wildman–Crippen MR) is 131 cm³/mol. The van der Waals surface area contributed by atoms with E-state index in [1.807, 2.05) is 30.3 Å². The number of thiazole rings is 1. The van der Waals surface area contributed by atoms with Crippen molar-refractivity contribution in [2.45, 2.75) is 31.8 Å². The van der Waals surface area contributed by atoms with Crippen LogP contribution in [0.3, 0.4) is 0 Å². The van der Waals surface area contributed by atoms with Gasteiger partial charge in [0.2, 0.25) is 5.91 Å². The number of carbonyl (C=O) groups is 1. The minimum Gasteiger partial charge on any atom is -0.372 e. The maximum Gasteiger partial charge on any atom is 0.228 e. The fourth-order valence-electron chi connectivity index (χ4n) is 4.15. The third-order valence-electron chi connectivity index (χ3n) is 5.74. The van der Waals surface area contributed by atoms with Gasteiger partial charge in [0.15, 0.2) is 5.13 Å². The van der Waals surface area contributed by atoms with Crippen LogP contribution in [0.25, 0.3) is 10.4 Å². The maximum atomic E-state index is 11.8. The maximum absolute atomic E-state index is 11.8. The SMILES string of the molecule is C=C(CNc1nc(C2CCCO2)c(-c2ccc3c(c2)CC(=O)N3)s1)Cc1ccc(Cl)cc1. The molecular formula is C25H24ClN3O2S. The van der Waals surface area contributed by atoms with E-state index in [1.165, 1.54) is 5.56 Å². The number of halogens is 1. The highest BCUT2D eigenvalue weighted by Crippen LogP contribution is 2.42. The molecule has 7 heteroatoms. The highest BCUT2D eigenvalue weighted by atomic mass is 35.5. The van der Waals surface area contributed by atoms with E-state index < -0.39 is 0 Å². The Morgan fingerprint density at radius 3 is 2.91 bits per heavy atom. The number of amides is 1. The number of nitrogens with zero attached hydrogens (tertiary/aromatic N) is 1. The smallest absolute Gasteiger partial charge is 0.228 e. The third kappa shape index (κ3) is 4.58. The van der Waals surface area contributed by atoms with Gasteiger partial charge in [-0.25, -0.2) is 4.98 Å². The summed E-state index contributed by atoms with van der Waals surface area (Å²) in [5.74, 6) is 0.0439. The fraction of sp³-hybridized carbons (Fsp3) is 0.280. The Bertz CT molecular complexity index is 1170. The molecule has 2 N–H and O–H groups in total. The van der Waals surface area contributed by atoms with Gasteiger partial charge in [-0.3, -0.25) is 4.79 Å². The number of carbonyl (C=O) groups excluding carboxylic acids is 1. The first kappa shape index (κ1) is 21.2. The molecule has 5 rings (SSSR count). The van der Waals surface area contributed by atoms with Gasteiger partial charge in [-0.15, -0.1) is 0 Å². The van der Waals surface area contributed by atoms with Crippen molar-refractivity contribution in [3.05, 3.63) is 76.5 Å². The summed E-state index contributed by atoms with van der Waals surface area (Å²) >= 11 is 7.61. The van der Waals surface area contributed by atoms with Crippen LogP contribution in [0.5, 0.6) is 0 Å². The van der Waals surface area contributed by atoms with Gasteiger partial charge in [-0.05, 0) is 60.2 Å². The molecule has 3 aromatic rings. The number of anilines is 2. The van der Waals surface area contributed by atoms with Gasteiger partial charge in [0, 0.05) is 23.9 Å². The Morgan fingerprint density at radius 1 is 1.28 bits per heavy atom. The minimum atomic E-state index is 0.0158. The number of nitrogens with one attached hydrogen (secondary N) is 2. The van der Waals surface area contributed by atoms with Crippen molar-refractivity contribution in [3.63, 3.8) is 0 Å². The van der Waals surface area contributed by atoms with Crippen LogP contribution in [0.4, 0.5) is 10.8 Å². The summed E-state index contributed by atoms with van der Waals surface area (Å²) in [4.78, 5) is 17.8. The van der Waals surface area contributed by atoms with Crippen LogP contribution in [0, 0.1) is 0 Å². The topological polar surface area (TPSA) is 63.3 Å². The van der Waals surface area contributed by atoms with E-state index in [2.05, 4.69) is 29.3 Å². The summed E-state index contributed by atoms with van der Waals surface area (Å²) in [6.45, 7) is 5.63. The van der Waals surface area contributed by atoms with Gasteiger partial charge in [0.25, 0.3) is 0 Å². The quantitative estimate of drug-likeness (QED) is 0.419. The van der Waals surface area contributed by atoms with Crippen molar-refractivity contribution in [3.8, 4) is 10.4 Å². The highest BCUT2D eigenvalue weighted by molar-refractivity contribution is 7.19. The van der Waals surface area contributed by atoms with Gasteiger partial charge >= 0.3 is 0 Å². The molecule has 2 aliphatic rings. The van der Waals surface area contributed by atoms with Crippen molar-refractivity contribution >= 4 is 39.7 Å². The van der Waals surface area contributed by atoms with E-state index in [0.717, 1.165) is 69.0 Å². The normalized spacial score (nSPS) is 17.3. The van der Waals surface area contributed by atoms with Crippen LogP contribution in [0.2, 0.25) is 5.02 Å². The summed E-state index contributed by atoms with van der Waals surface area (Å²) in [6, 6.07) is 14.0. The zero-order valence-corrected chi connectivity index (χ0v) is 19.2. The van der Waals surface area contributed by atoms with Crippen molar-refractivity contribution in [1.82, 2.24) is 4.98 Å². The Labute approximate surface area is 196 Å².